The largest absolute Gasteiger partial charge is 0.456 e. The topological polar surface area (TPSA) is 155 Å². The van der Waals surface area contributed by atoms with Crippen molar-refractivity contribution < 1.29 is 13.3 Å². The van der Waals surface area contributed by atoms with E-state index < -0.39 is 0 Å². The van der Waals surface area contributed by atoms with Crippen LogP contribution in [0.3, 0.4) is 0 Å². The lowest BCUT2D eigenvalue weighted by Crippen LogP contribution is -2.00. The first kappa shape index (κ1) is 78.8. The zero-order valence-electron chi connectivity index (χ0n) is 72.6. The van der Waals surface area contributed by atoms with Crippen molar-refractivity contribution in [2.75, 3.05) is 0 Å². The molecule has 12 nitrogen and oxygen atoms in total. The minimum atomic E-state index is 0.638. The summed E-state index contributed by atoms with van der Waals surface area (Å²) in [4.78, 5) is 44.9. The van der Waals surface area contributed by atoms with Gasteiger partial charge in [-0.3, -0.25) is 0 Å². The summed E-state index contributed by atoms with van der Waals surface area (Å²) in [5.41, 5.74) is 20.8. The number of hydrogen-bond acceptors (Lipinski definition) is 12. The van der Waals surface area contributed by atoms with Gasteiger partial charge in [0.1, 0.15) is 33.5 Å². The van der Waals surface area contributed by atoms with Crippen molar-refractivity contribution in [3.8, 4) is 136 Å². The molecule has 6 heterocycles. The molecule has 0 aliphatic heterocycles. The Labute approximate surface area is 774 Å². The fraction of sp³-hybridized carbons (Fsp3) is 0. The molecule has 0 unspecified atom stereocenters. The second-order valence-corrected chi connectivity index (χ2v) is 33.8. The standard InChI is InChI=1S/3C41H25N3O/c1-3-12-26(13-4-1)39-42-40(27-14-5-2-6-15-27)44-41(43-39)34-23-22-32(29-17-7-8-18-30(29)34)31-20-11-16-28-24-38-36(25-35(28)31)33-19-9-10-21-37(33)45-38;1-3-11-26(12-4-1)39-42-40(27-13-5-2-6-14-27)44-41(43-39)32-22-29-15-7-8-16-33(29)35(24-32)30-20-19-28-23-36-34-17-9-10-18-37(34)45-38(36)25-31(28)21-30;1-3-11-26(12-4-1)39-42-40(27-13-5-2-6-14-27)44-41(43-39)36-24-32(22-30-15-7-8-16-33(30)36)28-19-20-29-25-38-35(23-31(29)21-28)34-17-9-10-18-37(34)45-38/h3*1-25H. The van der Waals surface area contributed by atoms with Crippen LogP contribution in [0.2, 0.25) is 0 Å². The van der Waals surface area contributed by atoms with Crippen LogP contribution in [0.1, 0.15) is 0 Å². The molecular weight excluding hydrogens is 1650 g/mol. The predicted octanol–water partition coefficient (Wildman–Crippen LogP) is 32.2. The highest BCUT2D eigenvalue weighted by atomic mass is 16.3. The zero-order valence-corrected chi connectivity index (χ0v) is 72.6. The molecule has 0 fully saturated rings. The molecule has 0 saturated heterocycles. The maximum atomic E-state index is 6.23. The molecule has 21 aromatic carbocycles. The molecule has 0 saturated carbocycles. The van der Waals surface area contributed by atoms with Crippen molar-refractivity contribution in [1.82, 2.24) is 44.9 Å². The molecule has 12 heteroatoms. The van der Waals surface area contributed by atoms with Gasteiger partial charge in [0.05, 0.1) is 0 Å². The van der Waals surface area contributed by atoms with Crippen LogP contribution in [0, 0.1) is 0 Å². The lowest BCUT2D eigenvalue weighted by Gasteiger charge is -2.14. The second kappa shape index (κ2) is 33.6. The van der Waals surface area contributed by atoms with Crippen molar-refractivity contribution in [3.05, 3.63) is 455 Å². The molecule has 0 spiro atoms. The zero-order chi connectivity index (χ0) is 89.2. The van der Waals surface area contributed by atoms with Crippen LogP contribution in [-0.4, -0.2) is 44.9 Å². The molecule has 0 radical (unpaired) electrons. The van der Waals surface area contributed by atoms with Gasteiger partial charge >= 0.3 is 0 Å². The van der Waals surface area contributed by atoms with E-state index in [-0.39, 0.29) is 0 Å². The van der Waals surface area contributed by atoms with Crippen molar-refractivity contribution >= 4 is 130 Å². The molecule has 0 bridgehead atoms. The van der Waals surface area contributed by atoms with Crippen molar-refractivity contribution in [3.63, 3.8) is 0 Å². The Balaban J connectivity index is 0.000000108. The van der Waals surface area contributed by atoms with Gasteiger partial charge in [-0.25, -0.2) is 44.9 Å². The number of hydrogen-bond donors (Lipinski definition) is 0. The number of rotatable bonds is 12. The molecule has 0 amide bonds. The number of fused-ring (bicyclic) bond motifs is 15. The fourth-order valence-electron chi connectivity index (χ4n) is 18.9. The number of nitrogens with zero attached hydrogens (tertiary/aromatic N) is 9. The van der Waals surface area contributed by atoms with Crippen molar-refractivity contribution in [1.29, 1.82) is 0 Å². The Morgan fingerprint density at radius 3 is 0.874 bits per heavy atom. The molecule has 0 aliphatic rings. The van der Waals surface area contributed by atoms with Gasteiger partial charge < -0.3 is 13.3 Å². The highest BCUT2D eigenvalue weighted by molar-refractivity contribution is 6.17. The maximum absolute atomic E-state index is 6.23. The molecular formula is C123H75N9O3. The molecule has 27 rings (SSSR count). The molecule has 0 N–H and O–H groups in total. The molecule has 135 heavy (non-hydrogen) atoms. The van der Waals surface area contributed by atoms with Crippen LogP contribution >= 0.6 is 0 Å². The predicted molar refractivity (Wildman–Crippen MR) is 552 cm³/mol. The van der Waals surface area contributed by atoms with E-state index in [4.69, 9.17) is 58.1 Å². The van der Waals surface area contributed by atoms with Crippen LogP contribution in [0.4, 0.5) is 0 Å². The van der Waals surface area contributed by atoms with Crippen molar-refractivity contribution in [2.24, 2.45) is 0 Å². The van der Waals surface area contributed by atoms with Gasteiger partial charge in [0.2, 0.25) is 0 Å². The van der Waals surface area contributed by atoms with E-state index in [1.165, 1.54) is 27.1 Å². The first-order valence-electron chi connectivity index (χ1n) is 45.1. The lowest BCUT2D eigenvalue weighted by atomic mass is 9.91. The summed E-state index contributed by atoms with van der Waals surface area (Å²) in [6.07, 6.45) is 0. The van der Waals surface area contributed by atoms with Crippen LogP contribution in [0.25, 0.3) is 266 Å². The van der Waals surface area contributed by atoms with E-state index in [2.05, 4.69) is 237 Å². The minimum absolute atomic E-state index is 0.638. The molecule has 27 aromatic rings. The van der Waals surface area contributed by atoms with E-state index in [1.807, 2.05) is 218 Å². The Hall–Kier alpha value is -18.4. The van der Waals surface area contributed by atoms with E-state index in [0.717, 1.165) is 187 Å². The smallest absolute Gasteiger partial charge is 0.164 e. The summed E-state index contributed by atoms with van der Waals surface area (Å²) >= 11 is 0. The summed E-state index contributed by atoms with van der Waals surface area (Å²) in [7, 11) is 0. The third-order valence-corrected chi connectivity index (χ3v) is 25.5. The van der Waals surface area contributed by atoms with Crippen LogP contribution in [0.5, 0.6) is 0 Å². The average molecular weight is 1730 g/mol. The summed E-state index contributed by atoms with van der Waals surface area (Å²) in [6.45, 7) is 0. The highest BCUT2D eigenvalue weighted by Gasteiger charge is 2.23. The Morgan fingerprint density at radius 2 is 0.400 bits per heavy atom. The summed E-state index contributed by atoms with van der Waals surface area (Å²) in [5.74, 6) is 5.83. The van der Waals surface area contributed by atoms with Gasteiger partial charge in [0, 0.05) is 82.4 Å². The Morgan fingerprint density at radius 1 is 0.111 bits per heavy atom. The van der Waals surface area contributed by atoms with E-state index >= 15 is 0 Å². The monoisotopic (exact) mass is 1730 g/mol. The normalized spacial score (nSPS) is 11.6. The molecule has 630 valence electrons. The Kier molecular flexibility index (Phi) is 19.6. The first-order valence-corrected chi connectivity index (χ1v) is 45.1. The average Bonchev–Trinajstić information content (AvgIpc) is 1.74. The third-order valence-electron chi connectivity index (χ3n) is 25.5. The first-order chi connectivity index (χ1) is 66.8. The summed E-state index contributed by atoms with van der Waals surface area (Å²) < 4.78 is 18.6. The SMILES string of the molecule is c1ccc(-c2nc(-c3ccccc3)nc(-c3cc(-c4ccc5cc6c(cc5c4)oc4ccccc46)c4ccccc4c3)n2)cc1.c1ccc(-c2nc(-c3ccccc3)nc(-c3cc(-c4ccc5cc6oc7ccccc7c6cc5c4)cc4ccccc34)n2)cc1.c1ccc(-c2nc(-c3ccccc3)nc(-c3ccc(-c4cccc5cc6oc7ccccc7c6cc45)c4ccccc34)n2)cc1. The van der Waals surface area contributed by atoms with E-state index in [9.17, 15) is 0 Å². The van der Waals surface area contributed by atoms with Crippen LogP contribution in [0.15, 0.2) is 468 Å². The van der Waals surface area contributed by atoms with E-state index in [1.54, 1.807) is 0 Å². The van der Waals surface area contributed by atoms with Crippen LogP contribution in [-0.2, 0) is 0 Å². The number of para-hydroxylation sites is 3. The Bertz CT molecular complexity index is 9140. The van der Waals surface area contributed by atoms with E-state index in [0.29, 0.717) is 52.4 Å². The number of furan rings is 3. The maximum Gasteiger partial charge on any atom is 0.164 e. The molecule has 0 aliphatic carbocycles. The van der Waals surface area contributed by atoms with Gasteiger partial charge in [-0.1, -0.05) is 358 Å². The van der Waals surface area contributed by atoms with Crippen molar-refractivity contribution in [2.45, 2.75) is 0 Å². The van der Waals surface area contributed by atoms with Crippen LogP contribution < -0.4 is 0 Å². The third kappa shape index (κ3) is 14.9. The molecule has 6 aromatic heterocycles. The van der Waals surface area contributed by atoms with Gasteiger partial charge in [0.15, 0.2) is 52.4 Å². The lowest BCUT2D eigenvalue weighted by molar-refractivity contribution is 0.669. The number of benzene rings is 21. The van der Waals surface area contributed by atoms with Gasteiger partial charge in [-0.2, -0.15) is 0 Å². The second-order valence-electron chi connectivity index (χ2n) is 33.8. The number of aromatic nitrogens is 9. The minimum Gasteiger partial charge on any atom is -0.456 e. The molecule has 0 atom stereocenters. The summed E-state index contributed by atoms with van der Waals surface area (Å²) in [5, 5.41) is 20.5. The fourth-order valence-corrected chi connectivity index (χ4v) is 18.9. The van der Waals surface area contributed by atoms with Gasteiger partial charge in [-0.05, 0) is 195 Å². The van der Waals surface area contributed by atoms with Gasteiger partial charge in [-0.15, -0.1) is 0 Å². The summed E-state index contributed by atoms with van der Waals surface area (Å²) in [6, 6.07) is 157. The highest BCUT2D eigenvalue weighted by Crippen LogP contribution is 2.45. The quantitative estimate of drug-likeness (QED) is 0.114. The van der Waals surface area contributed by atoms with Gasteiger partial charge in [0.25, 0.3) is 0 Å².